The molecular weight excluding hydrogens is 548 g/mol. The zero-order valence-electron chi connectivity index (χ0n) is 22.2. The summed E-state index contributed by atoms with van der Waals surface area (Å²) in [5.74, 6) is 0.411. The molecule has 2 aliphatic rings. The number of anilines is 1. The molecule has 5 aromatic rings. The van der Waals surface area contributed by atoms with Crippen LogP contribution in [0.5, 0.6) is 6.01 Å². The maximum Gasteiger partial charge on any atom is 0.319 e. The van der Waals surface area contributed by atoms with Gasteiger partial charge in [-0.05, 0) is 42.3 Å². The van der Waals surface area contributed by atoms with E-state index in [-0.39, 0.29) is 35.8 Å². The highest BCUT2D eigenvalue weighted by Crippen LogP contribution is 2.41. The highest BCUT2D eigenvalue weighted by molar-refractivity contribution is 6.36. The van der Waals surface area contributed by atoms with E-state index in [4.69, 9.17) is 21.3 Å². The highest BCUT2D eigenvalue weighted by Gasteiger charge is 2.40. The van der Waals surface area contributed by atoms with Crippen LogP contribution in [0.2, 0.25) is 5.02 Å². The zero-order valence-corrected chi connectivity index (χ0v) is 22.9. The summed E-state index contributed by atoms with van der Waals surface area (Å²) < 4.78 is 37.4. The van der Waals surface area contributed by atoms with Gasteiger partial charge in [0.1, 0.15) is 30.3 Å². The number of piperidine rings is 1. The van der Waals surface area contributed by atoms with E-state index in [1.165, 1.54) is 0 Å². The van der Waals surface area contributed by atoms with Gasteiger partial charge in [-0.3, -0.25) is 4.98 Å². The lowest BCUT2D eigenvalue weighted by atomic mass is 9.98. The highest BCUT2D eigenvalue weighted by atomic mass is 35.5. The number of ether oxygens (including phenoxy) is 1. The number of aromatic nitrogens is 4. The molecule has 1 saturated heterocycles. The second kappa shape index (κ2) is 10.5. The molecule has 41 heavy (non-hydrogen) atoms. The molecule has 3 aromatic heterocycles. The SMILES string of the molecule is O[C@@H]1C[C@H]2C[C@@H]1CN(c1nc(OCCn3cccc3CF)nc3c(F)c(-c4cccc5cccc(Cl)c45)ncc13)C2. The van der Waals surface area contributed by atoms with E-state index >= 15 is 4.39 Å². The molecule has 0 radical (unpaired) electrons. The smallest absolute Gasteiger partial charge is 0.319 e. The van der Waals surface area contributed by atoms with Gasteiger partial charge in [-0.25, -0.2) is 8.78 Å². The lowest BCUT2D eigenvalue weighted by Gasteiger charge is -2.33. The minimum absolute atomic E-state index is 0.0342. The third-order valence-corrected chi connectivity index (χ3v) is 8.68. The molecule has 0 amide bonds. The first kappa shape index (κ1) is 26.1. The van der Waals surface area contributed by atoms with Gasteiger partial charge in [-0.2, -0.15) is 9.97 Å². The van der Waals surface area contributed by atoms with Gasteiger partial charge < -0.3 is 19.3 Å². The third kappa shape index (κ3) is 4.67. The number of fused-ring (bicyclic) bond motifs is 4. The van der Waals surface area contributed by atoms with Crippen molar-refractivity contribution in [3.63, 3.8) is 0 Å². The van der Waals surface area contributed by atoms with Crippen molar-refractivity contribution in [2.24, 2.45) is 11.8 Å². The first-order valence-electron chi connectivity index (χ1n) is 13.8. The van der Waals surface area contributed by atoms with Crippen molar-refractivity contribution in [3.8, 4) is 17.3 Å². The topological polar surface area (TPSA) is 76.3 Å². The van der Waals surface area contributed by atoms with Gasteiger partial charge in [0.05, 0.1) is 18.0 Å². The Kier molecular flexibility index (Phi) is 6.71. The minimum atomic E-state index is -0.589. The van der Waals surface area contributed by atoms with Crippen LogP contribution < -0.4 is 9.64 Å². The molecule has 0 spiro atoms. The molecule has 7 rings (SSSR count). The van der Waals surface area contributed by atoms with Crippen molar-refractivity contribution >= 4 is 39.1 Å². The molecule has 2 aromatic carbocycles. The summed E-state index contributed by atoms with van der Waals surface area (Å²) >= 11 is 6.55. The Morgan fingerprint density at radius 3 is 2.73 bits per heavy atom. The summed E-state index contributed by atoms with van der Waals surface area (Å²) in [4.78, 5) is 15.9. The molecule has 10 heteroatoms. The van der Waals surface area contributed by atoms with Crippen LogP contribution >= 0.6 is 11.6 Å². The first-order chi connectivity index (χ1) is 20.0. The summed E-state index contributed by atoms with van der Waals surface area (Å²) in [6.45, 7) is 1.29. The molecule has 2 bridgehead atoms. The average molecular weight is 576 g/mol. The normalized spacial score (nSPS) is 20.3. The molecule has 0 unspecified atom stereocenters. The number of rotatable bonds is 7. The Bertz CT molecular complexity index is 1750. The fourth-order valence-corrected chi connectivity index (χ4v) is 6.72. The number of halogens is 3. The third-order valence-electron chi connectivity index (χ3n) is 8.36. The van der Waals surface area contributed by atoms with E-state index in [0.29, 0.717) is 58.4 Å². The molecule has 1 N–H and O–H groups in total. The monoisotopic (exact) mass is 575 g/mol. The van der Waals surface area contributed by atoms with Crippen molar-refractivity contribution < 1.29 is 18.6 Å². The maximum atomic E-state index is 16.5. The quantitative estimate of drug-likeness (QED) is 0.249. The Morgan fingerprint density at radius 1 is 1.05 bits per heavy atom. The second-order valence-corrected chi connectivity index (χ2v) is 11.3. The minimum Gasteiger partial charge on any atom is -0.461 e. The van der Waals surface area contributed by atoms with Crippen LogP contribution in [-0.4, -0.2) is 50.4 Å². The number of nitrogens with zero attached hydrogens (tertiary/aromatic N) is 5. The van der Waals surface area contributed by atoms with Crippen LogP contribution in [0.1, 0.15) is 18.5 Å². The molecule has 1 saturated carbocycles. The molecule has 3 atom stereocenters. The van der Waals surface area contributed by atoms with E-state index in [0.717, 1.165) is 18.2 Å². The van der Waals surface area contributed by atoms with Gasteiger partial charge in [0, 0.05) is 53.1 Å². The van der Waals surface area contributed by atoms with Crippen molar-refractivity contribution in [2.75, 3.05) is 24.6 Å². The fourth-order valence-electron chi connectivity index (χ4n) is 6.43. The van der Waals surface area contributed by atoms with Crippen LogP contribution in [0.3, 0.4) is 0 Å². The van der Waals surface area contributed by atoms with Gasteiger partial charge >= 0.3 is 6.01 Å². The van der Waals surface area contributed by atoms with Gasteiger partial charge in [0.2, 0.25) is 0 Å². The summed E-state index contributed by atoms with van der Waals surface area (Å²) in [6.07, 6.45) is 4.77. The first-order valence-corrected chi connectivity index (χ1v) is 14.2. The molecule has 1 aliphatic heterocycles. The van der Waals surface area contributed by atoms with Crippen molar-refractivity contribution in [1.82, 2.24) is 19.5 Å². The summed E-state index contributed by atoms with van der Waals surface area (Å²) in [7, 11) is 0. The Morgan fingerprint density at radius 2 is 1.90 bits per heavy atom. The molecule has 210 valence electrons. The maximum absolute atomic E-state index is 16.5. The number of hydrogen-bond acceptors (Lipinski definition) is 6. The van der Waals surface area contributed by atoms with E-state index < -0.39 is 12.5 Å². The van der Waals surface area contributed by atoms with Crippen LogP contribution in [0.25, 0.3) is 32.9 Å². The van der Waals surface area contributed by atoms with Gasteiger partial charge in [-0.15, -0.1) is 0 Å². The van der Waals surface area contributed by atoms with Crippen molar-refractivity contribution in [1.29, 1.82) is 0 Å². The largest absolute Gasteiger partial charge is 0.461 e. The van der Waals surface area contributed by atoms with Crippen LogP contribution in [0.4, 0.5) is 14.6 Å². The Labute approximate surface area is 240 Å². The molecule has 7 nitrogen and oxygen atoms in total. The van der Waals surface area contributed by atoms with E-state index in [9.17, 15) is 9.50 Å². The molecule has 1 aliphatic carbocycles. The standard InChI is InChI=1S/C31H28ClF2N5O2/c32-24-8-2-5-19-4-1-7-22(26(19)24)28-27(34)29-23(15-35-28)30(39-16-18-12-20(17-39)25(40)13-18)37-31(36-29)41-11-10-38-9-3-6-21(38)14-33/h1-9,15,18,20,25,40H,10-14,16-17H2/t18-,20-,25-/m1/s1. The molecular formula is C31H28ClF2N5O2. The number of hydrogen-bond donors (Lipinski definition) is 1. The summed E-state index contributed by atoms with van der Waals surface area (Å²) in [6, 6.07) is 14.7. The zero-order chi connectivity index (χ0) is 28.1. The summed E-state index contributed by atoms with van der Waals surface area (Å²) in [5, 5.41) is 13.1. The summed E-state index contributed by atoms with van der Waals surface area (Å²) in [5.41, 5.74) is 1.36. The second-order valence-electron chi connectivity index (χ2n) is 10.9. The van der Waals surface area contributed by atoms with Crippen LogP contribution in [0.15, 0.2) is 60.9 Å². The van der Waals surface area contributed by atoms with Crippen LogP contribution in [-0.2, 0) is 13.2 Å². The molecule has 4 heterocycles. The van der Waals surface area contributed by atoms with Gasteiger partial charge in [0.25, 0.3) is 0 Å². The van der Waals surface area contributed by atoms with Gasteiger partial charge in [-0.1, -0.05) is 41.9 Å². The van der Waals surface area contributed by atoms with Crippen molar-refractivity contribution in [2.45, 2.75) is 32.2 Å². The number of benzene rings is 2. The van der Waals surface area contributed by atoms with E-state index in [1.54, 1.807) is 41.2 Å². The Balaban J connectivity index is 1.32. The predicted octanol–water partition coefficient (Wildman–Crippen LogP) is 6.19. The lowest BCUT2D eigenvalue weighted by molar-refractivity contribution is 0.137. The number of alkyl halides is 1. The van der Waals surface area contributed by atoms with Gasteiger partial charge in [0.15, 0.2) is 5.82 Å². The van der Waals surface area contributed by atoms with E-state index in [1.807, 2.05) is 24.3 Å². The number of aliphatic hydroxyl groups is 1. The fraction of sp³-hybridized carbons (Fsp3) is 0.323. The number of pyridine rings is 1. The van der Waals surface area contributed by atoms with Crippen molar-refractivity contribution in [3.05, 3.63) is 77.5 Å². The lowest BCUT2D eigenvalue weighted by Crippen LogP contribution is -2.38. The average Bonchev–Trinajstić information content (AvgIpc) is 3.54. The van der Waals surface area contributed by atoms with Crippen LogP contribution in [0, 0.1) is 17.7 Å². The molecule has 2 fully saturated rings. The predicted molar refractivity (Wildman–Crippen MR) is 154 cm³/mol. The number of aliphatic hydroxyl groups excluding tert-OH is 1. The van der Waals surface area contributed by atoms with E-state index in [2.05, 4.69) is 14.9 Å². The Hall–Kier alpha value is -3.82.